The average Bonchev–Trinajstić information content (AvgIpc) is 2.29. The van der Waals surface area contributed by atoms with Crippen LogP contribution in [0.3, 0.4) is 0 Å². The van der Waals surface area contributed by atoms with Gasteiger partial charge in [0.15, 0.2) is 8.14 Å². The molecule has 0 amide bonds. The zero-order valence-electron chi connectivity index (χ0n) is 9.01. The smallest absolute Gasteiger partial charge is 0.125 e. The molecule has 1 aromatic carbocycles. The topological polar surface area (TPSA) is 0 Å². The van der Waals surface area contributed by atoms with Crippen molar-refractivity contribution in [2.45, 2.75) is 32.1 Å². The van der Waals surface area contributed by atoms with Crippen molar-refractivity contribution in [1.29, 1.82) is 0 Å². The predicted octanol–water partition coefficient (Wildman–Crippen LogP) is 3.61. The van der Waals surface area contributed by atoms with Crippen LogP contribution in [0.15, 0.2) is 36.9 Å². The maximum atomic E-state index is 3.74. The van der Waals surface area contributed by atoms with E-state index < -0.39 is 0 Å². The van der Waals surface area contributed by atoms with Gasteiger partial charge in [-0.2, -0.15) is 0 Å². The second kappa shape index (κ2) is 7.89. The van der Waals surface area contributed by atoms with Crippen LogP contribution in [0.1, 0.15) is 31.2 Å². The Balaban J connectivity index is 2.33. The molecular formula is C13H17BrSi. The highest BCUT2D eigenvalue weighted by molar-refractivity contribution is 9.23. The summed E-state index contributed by atoms with van der Waals surface area (Å²) in [5.74, 6) is 0. The summed E-state index contributed by atoms with van der Waals surface area (Å²) in [6.45, 7) is 3.74. The summed E-state index contributed by atoms with van der Waals surface area (Å²) in [4.78, 5) is 0. The number of hydrogen-bond acceptors (Lipinski definition) is 0. The summed E-state index contributed by atoms with van der Waals surface area (Å²) in [5.41, 5.74) is 1.51. The van der Waals surface area contributed by atoms with E-state index in [0.717, 1.165) is 14.6 Å². The lowest BCUT2D eigenvalue weighted by Crippen LogP contribution is -2.14. The number of unbranched alkanes of at least 4 members (excludes halogenated alkanes) is 3. The Morgan fingerprint density at radius 3 is 2.73 bits per heavy atom. The van der Waals surface area contributed by atoms with Crippen LogP contribution in [0.5, 0.6) is 0 Å². The largest absolute Gasteiger partial charge is 0.176 e. The van der Waals surface area contributed by atoms with Crippen LogP contribution >= 0.6 is 15.3 Å². The maximum Gasteiger partial charge on any atom is 0.176 e. The molecule has 0 atom stereocenters. The molecule has 0 aliphatic carbocycles. The van der Waals surface area contributed by atoms with Crippen molar-refractivity contribution in [2.75, 3.05) is 0 Å². The molecule has 0 saturated carbocycles. The number of allylic oxidation sites excluding steroid dienone is 1. The van der Waals surface area contributed by atoms with E-state index in [-0.39, 0.29) is 0 Å². The number of halogens is 1. The number of hydrogen-bond donors (Lipinski definition) is 0. The number of aryl methyl sites for hydroxylation is 1. The van der Waals surface area contributed by atoms with Gasteiger partial charge in [0.1, 0.15) is 0 Å². The molecule has 80 valence electrons. The molecule has 0 nitrogen and oxygen atoms in total. The predicted molar refractivity (Wildman–Crippen MR) is 73.1 cm³/mol. The molecule has 2 heteroatoms. The molecule has 0 aliphatic rings. The van der Waals surface area contributed by atoms with E-state index in [1.807, 2.05) is 6.08 Å². The minimum Gasteiger partial charge on any atom is -0.125 e. The molecule has 1 rings (SSSR count). The normalized spacial score (nSPS) is 10.2. The van der Waals surface area contributed by atoms with Crippen LogP contribution in [0.4, 0.5) is 0 Å². The molecule has 0 heterocycles. The Morgan fingerprint density at radius 1 is 1.20 bits per heavy atom. The molecule has 15 heavy (non-hydrogen) atoms. The lowest BCUT2D eigenvalue weighted by atomic mass is 10.1. The molecule has 0 saturated heterocycles. The van der Waals surface area contributed by atoms with Crippen LogP contribution in [0, 0.1) is 0 Å². The molecule has 0 spiro atoms. The first kappa shape index (κ1) is 12.7. The Hall–Kier alpha value is -0.343. The van der Waals surface area contributed by atoms with Crippen molar-refractivity contribution in [2.24, 2.45) is 0 Å². The third-order valence-corrected chi connectivity index (χ3v) is 4.45. The molecule has 0 fully saturated rings. The van der Waals surface area contributed by atoms with E-state index in [1.54, 1.807) is 0 Å². The molecule has 0 N–H and O–H groups in total. The third-order valence-electron chi connectivity index (χ3n) is 2.47. The first-order chi connectivity index (χ1) is 7.38. The maximum absolute atomic E-state index is 3.74. The van der Waals surface area contributed by atoms with E-state index >= 15 is 0 Å². The van der Waals surface area contributed by atoms with Crippen molar-refractivity contribution >= 4 is 28.6 Å². The first-order valence-electron chi connectivity index (χ1n) is 5.44. The van der Waals surface area contributed by atoms with Gasteiger partial charge in [0.25, 0.3) is 0 Å². The van der Waals surface area contributed by atoms with Gasteiger partial charge in [0.05, 0.1) is 0 Å². The second-order valence-electron chi connectivity index (χ2n) is 3.64. The van der Waals surface area contributed by atoms with Crippen molar-refractivity contribution in [3.8, 4) is 0 Å². The molecule has 0 unspecified atom stereocenters. The van der Waals surface area contributed by atoms with Gasteiger partial charge in [-0.15, -0.1) is 21.9 Å². The van der Waals surface area contributed by atoms with Crippen LogP contribution in [-0.4, -0.2) is 8.14 Å². The van der Waals surface area contributed by atoms with Gasteiger partial charge in [0, 0.05) is 0 Å². The molecular weight excluding hydrogens is 264 g/mol. The Kier molecular flexibility index (Phi) is 6.69. The summed E-state index contributed by atoms with van der Waals surface area (Å²) in [5, 5.41) is 1.46. The standard InChI is InChI=1S/C13H17BrSi/c1-2-3-4-5-6-9-12-10-7-8-11-13(12)15-14/h2,7-8,10-11H,1,3-6,9H2. The SMILES string of the molecule is C=CCCCCCc1ccccc1[Si]Br. The third kappa shape index (κ3) is 4.80. The summed E-state index contributed by atoms with van der Waals surface area (Å²) in [7, 11) is 0.737. The Bertz CT molecular complexity index is 296. The first-order valence-corrected chi connectivity index (χ1v) is 8.69. The monoisotopic (exact) mass is 280 g/mol. The average molecular weight is 281 g/mol. The van der Waals surface area contributed by atoms with Gasteiger partial charge in [-0.1, -0.05) is 36.8 Å². The highest BCUT2D eigenvalue weighted by Gasteiger charge is 2.00. The summed E-state index contributed by atoms with van der Waals surface area (Å²) < 4.78 is 0. The van der Waals surface area contributed by atoms with Crippen molar-refractivity contribution in [3.63, 3.8) is 0 Å². The number of rotatable bonds is 7. The molecule has 1 aromatic rings. The van der Waals surface area contributed by atoms with Crippen LogP contribution in [0.2, 0.25) is 0 Å². The summed E-state index contributed by atoms with van der Waals surface area (Å²) in [6.07, 6.45) is 8.26. The lowest BCUT2D eigenvalue weighted by Gasteiger charge is -2.05. The van der Waals surface area contributed by atoms with Gasteiger partial charge in [-0.05, 0) is 36.4 Å². The van der Waals surface area contributed by atoms with Gasteiger partial charge in [-0.3, -0.25) is 0 Å². The van der Waals surface area contributed by atoms with E-state index in [2.05, 4.69) is 46.1 Å². The highest BCUT2D eigenvalue weighted by atomic mass is 79.9. The van der Waals surface area contributed by atoms with Crippen molar-refractivity contribution in [3.05, 3.63) is 42.5 Å². The Labute approximate surface area is 103 Å². The van der Waals surface area contributed by atoms with E-state index in [1.165, 1.54) is 36.4 Å². The molecule has 0 aromatic heterocycles. The van der Waals surface area contributed by atoms with Crippen molar-refractivity contribution in [1.82, 2.24) is 0 Å². The molecule has 0 aliphatic heterocycles. The minimum absolute atomic E-state index is 0.737. The van der Waals surface area contributed by atoms with E-state index in [9.17, 15) is 0 Å². The van der Waals surface area contributed by atoms with E-state index in [4.69, 9.17) is 0 Å². The Morgan fingerprint density at radius 2 is 2.00 bits per heavy atom. The van der Waals surface area contributed by atoms with Crippen LogP contribution < -0.4 is 5.19 Å². The molecule has 2 radical (unpaired) electrons. The number of benzene rings is 1. The van der Waals surface area contributed by atoms with E-state index in [0.29, 0.717) is 0 Å². The van der Waals surface area contributed by atoms with Crippen LogP contribution in [0.25, 0.3) is 0 Å². The zero-order valence-corrected chi connectivity index (χ0v) is 11.6. The fourth-order valence-electron chi connectivity index (χ4n) is 1.61. The quantitative estimate of drug-likeness (QED) is 0.310. The van der Waals surface area contributed by atoms with Gasteiger partial charge < -0.3 is 0 Å². The van der Waals surface area contributed by atoms with Gasteiger partial charge in [-0.25, -0.2) is 0 Å². The van der Waals surface area contributed by atoms with Gasteiger partial charge in [0.2, 0.25) is 0 Å². The minimum atomic E-state index is 0.737. The second-order valence-corrected chi connectivity index (χ2v) is 5.56. The summed E-state index contributed by atoms with van der Waals surface area (Å²) in [6, 6.07) is 8.71. The highest BCUT2D eigenvalue weighted by Crippen LogP contribution is 2.06. The molecule has 0 bridgehead atoms. The van der Waals surface area contributed by atoms with Crippen LogP contribution in [-0.2, 0) is 6.42 Å². The van der Waals surface area contributed by atoms with Gasteiger partial charge >= 0.3 is 0 Å². The summed E-state index contributed by atoms with van der Waals surface area (Å²) >= 11 is 3.56. The fourth-order valence-corrected chi connectivity index (χ4v) is 3.26. The lowest BCUT2D eigenvalue weighted by molar-refractivity contribution is 0.688. The zero-order chi connectivity index (χ0) is 10.9. The van der Waals surface area contributed by atoms with Crippen molar-refractivity contribution < 1.29 is 0 Å². The fraction of sp³-hybridized carbons (Fsp3) is 0.385.